The number of ketones is 1. The van der Waals surface area contributed by atoms with Gasteiger partial charge in [-0.25, -0.2) is 4.98 Å². The van der Waals surface area contributed by atoms with Crippen LogP contribution in [0.25, 0.3) is 22.2 Å². The van der Waals surface area contributed by atoms with E-state index >= 15 is 0 Å². The quantitative estimate of drug-likeness (QED) is 0.635. The first-order valence-corrected chi connectivity index (χ1v) is 11.3. The van der Waals surface area contributed by atoms with Crippen molar-refractivity contribution in [2.45, 2.75) is 51.0 Å². The first-order chi connectivity index (χ1) is 15.2. The van der Waals surface area contributed by atoms with E-state index in [9.17, 15) is 4.79 Å². The van der Waals surface area contributed by atoms with Gasteiger partial charge in [-0.05, 0) is 50.9 Å². The molecule has 0 amide bonds. The molecule has 0 radical (unpaired) electrons. The first-order valence-electron chi connectivity index (χ1n) is 11.3. The third-order valence-electron chi connectivity index (χ3n) is 6.41. The molecule has 2 N–H and O–H groups in total. The molecule has 2 fully saturated rings. The lowest BCUT2D eigenvalue weighted by Gasteiger charge is -2.24. The summed E-state index contributed by atoms with van der Waals surface area (Å²) in [6.07, 6.45) is 14.1. The minimum absolute atomic E-state index is 0.215. The lowest BCUT2D eigenvalue weighted by Crippen LogP contribution is -2.35. The van der Waals surface area contributed by atoms with E-state index in [2.05, 4.69) is 31.7 Å². The van der Waals surface area contributed by atoms with Crippen molar-refractivity contribution < 1.29 is 4.79 Å². The largest absolute Gasteiger partial charge is 0.366 e. The average Bonchev–Trinajstić information content (AvgIpc) is 3.35. The van der Waals surface area contributed by atoms with E-state index in [0.29, 0.717) is 18.2 Å². The van der Waals surface area contributed by atoms with Gasteiger partial charge >= 0.3 is 0 Å². The minimum Gasteiger partial charge on any atom is -0.366 e. The topological polar surface area (TPSA) is 92.7 Å². The number of nitrogens with zero attached hydrogens (tertiary/aromatic N) is 4. The maximum atomic E-state index is 12.6. The molecular weight excluding hydrogens is 388 g/mol. The second-order valence-corrected chi connectivity index (χ2v) is 8.67. The number of nitrogens with one attached hydrogen (secondary N) is 2. The molecule has 0 unspecified atom stereocenters. The molecule has 1 aliphatic heterocycles. The summed E-state index contributed by atoms with van der Waals surface area (Å²) >= 11 is 0. The minimum atomic E-state index is 0.215. The summed E-state index contributed by atoms with van der Waals surface area (Å²) in [5, 5.41) is 7.85. The molecule has 5 rings (SSSR count). The summed E-state index contributed by atoms with van der Waals surface area (Å²) in [4.78, 5) is 30.7. The molecule has 7 heteroatoms. The van der Waals surface area contributed by atoms with Crippen molar-refractivity contribution in [3.63, 3.8) is 0 Å². The van der Waals surface area contributed by atoms with Crippen LogP contribution in [0, 0.1) is 5.92 Å². The number of piperidine rings is 1. The Morgan fingerprint density at radius 2 is 1.84 bits per heavy atom. The van der Waals surface area contributed by atoms with Crippen molar-refractivity contribution in [3.8, 4) is 11.3 Å². The van der Waals surface area contributed by atoms with Gasteiger partial charge in [0, 0.05) is 41.2 Å². The Balaban J connectivity index is 1.36. The smallest absolute Gasteiger partial charge is 0.145 e. The van der Waals surface area contributed by atoms with Crippen LogP contribution in [-0.4, -0.2) is 44.9 Å². The van der Waals surface area contributed by atoms with Gasteiger partial charge in [-0.1, -0.05) is 12.8 Å². The van der Waals surface area contributed by atoms with E-state index in [1.165, 1.54) is 12.8 Å². The Bertz CT molecular complexity index is 1070. The zero-order valence-corrected chi connectivity index (χ0v) is 17.7. The number of hydrogen-bond acceptors (Lipinski definition) is 7. The highest BCUT2D eigenvalue weighted by molar-refractivity contribution is 5.86. The molecule has 3 aromatic rings. The van der Waals surface area contributed by atoms with Gasteiger partial charge < -0.3 is 10.6 Å². The third kappa shape index (κ3) is 4.71. The van der Waals surface area contributed by atoms with Gasteiger partial charge in [0.2, 0.25) is 0 Å². The maximum Gasteiger partial charge on any atom is 0.145 e. The Morgan fingerprint density at radius 1 is 1.00 bits per heavy atom. The van der Waals surface area contributed by atoms with E-state index in [-0.39, 0.29) is 5.92 Å². The van der Waals surface area contributed by atoms with Crippen molar-refractivity contribution in [3.05, 3.63) is 42.6 Å². The van der Waals surface area contributed by atoms with Gasteiger partial charge in [0.25, 0.3) is 0 Å². The summed E-state index contributed by atoms with van der Waals surface area (Å²) in [6.45, 7) is 2.05. The molecule has 1 saturated carbocycles. The van der Waals surface area contributed by atoms with Gasteiger partial charge in [-0.15, -0.1) is 0 Å². The number of carbonyl (C=O) groups is 1. The third-order valence-corrected chi connectivity index (χ3v) is 6.41. The van der Waals surface area contributed by atoms with Gasteiger partial charge in [-0.3, -0.25) is 19.7 Å². The van der Waals surface area contributed by atoms with Crippen LogP contribution in [0.5, 0.6) is 0 Å². The predicted molar refractivity (Wildman–Crippen MR) is 121 cm³/mol. The lowest BCUT2D eigenvalue weighted by atomic mass is 9.98. The van der Waals surface area contributed by atoms with Crippen LogP contribution >= 0.6 is 0 Å². The number of carbonyl (C=O) groups excluding carboxylic acids is 1. The van der Waals surface area contributed by atoms with Crippen molar-refractivity contribution in [2.24, 2.45) is 5.92 Å². The second-order valence-electron chi connectivity index (χ2n) is 8.67. The molecule has 0 bridgehead atoms. The molecule has 31 heavy (non-hydrogen) atoms. The normalized spacial score (nSPS) is 17.8. The van der Waals surface area contributed by atoms with Crippen molar-refractivity contribution >= 4 is 22.5 Å². The fraction of sp³-hybridized carbons (Fsp3) is 0.458. The number of hydrogen-bond donors (Lipinski definition) is 2. The summed E-state index contributed by atoms with van der Waals surface area (Å²) in [5.41, 5.74) is 3.33. The summed E-state index contributed by atoms with van der Waals surface area (Å²) in [7, 11) is 0. The van der Waals surface area contributed by atoms with Crippen molar-refractivity contribution in [1.82, 2.24) is 25.3 Å². The van der Waals surface area contributed by atoms with Crippen LogP contribution < -0.4 is 10.6 Å². The van der Waals surface area contributed by atoms with E-state index in [4.69, 9.17) is 4.98 Å². The number of Topliss-reactive ketones (excluding diaryl/α,β-unsaturated/α-hetero) is 1. The number of anilines is 1. The highest BCUT2D eigenvalue weighted by atomic mass is 16.1. The molecule has 3 aromatic heterocycles. The molecule has 4 heterocycles. The fourth-order valence-corrected chi connectivity index (χ4v) is 4.63. The van der Waals surface area contributed by atoms with Crippen LogP contribution in [0.1, 0.15) is 44.2 Å². The zero-order valence-electron chi connectivity index (χ0n) is 17.7. The molecular formula is C24H28N6O. The fourth-order valence-electron chi connectivity index (χ4n) is 4.63. The Morgan fingerprint density at radius 3 is 2.68 bits per heavy atom. The first kappa shape index (κ1) is 20.0. The standard InChI is InChI=1S/C24H28N6O/c31-23(16-3-1-2-4-16)11-20-10-17-9-18(12-28-21(17)14-27-20)22-13-26-15-24(30-22)29-19-5-7-25-8-6-19/h9-10,12-16,19,25H,1-8,11H2,(H,29,30). The van der Waals surface area contributed by atoms with Gasteiger partial charge in [0.1, 0.15) is 11.6 Å². The molecule has 1 saturated heterocycles. The van der Waals surface area contributed by atoms with E-state index in [1.54, 1.807) is 18.6 Å². The zero-order chi connectivity index (χ0) is 21.0. The molecule has 160 valence electrons. The molecule has 2 aliphatic rings. The Labute approximate surface area is 182 Å². The van der Waals surface area contributed by atoms with Crippen molar-refractivity contribution in [2.75, 3.05) is 18.4 Å². The molecule has 7 nitrogen and oxygen atoms in total. The predicted octanol–water partition coefficient (Wildman–Crippen LogP) is 3.55. The average molecular weight is 417 g/mol. The van der Waals surface area contributed by atoms with E-state index in [0.717, 1.165) is 72.4 Å². The summed E-state index contributed by atoms with van der Waals surface area (Å²) < 4.78 is 0. The molecule has 0 atom stereocenters. The van der Waals surface area contributed by atoms with Crippen LogP contribution in [0.2, 0.25) is 0 Å². The number of pyridine rings is 2. The van der Waals surface area contributed by atoms with Crippen LogP contribution in [0.3, 0.4) is 0 Å². The van der Waals surface area contributed by atoms with Gasteiger partial charge in [0.05, 0.1) is 29.8 Å². The lowest BCUT2D eigenvalue weighted by molar-refractivity contribution is -0.122. The second kappa shape index (κ2) is 9.06. The Hall–Kier alpha value is -2.93. The highest BCUT2D eigenvalue weighted by Crippen LogP contribution is 2.27. The molecule has 0 spiro atoms. The molecule has 0 aromatic carbocycles. The molecule has 1 aliphatic carbocycles. The summed E-state index contributed by atoms with van der Waals surface area (Å²) in [5.74, 6) is 1.32. The monoisotopic (exact) mass is 416 g/mol. The van der Waals surface area contributed by atoms with Crippen LogP contribution in [-0.2, 0) is 11.2 Å². The SMILES string of the molecule is O=C(Cc1cc2cc(-c3cncc(NC4CCNCC4)n3)cnc2cn1)C1CCCC1. The maximum absolute atomic E-state index is 12.6. The van der Waals surface area contributed by atoms with E-state index in [1.807, 2.05) is 12.3 Å². The summed E-state index contributed by atoms with van der Waals surface area (Å²) in [6, 6.07) is 4.47. The van der Waals surface area contributed by atoms with Gasteiger partial charge in [0.15, 0.2) is 0 Å². The Kier molecular flexibility index (Phi) is 5.84. The highest BCUT2D eigenvalue weighted by Gasteiger charge is 2.23. The number of rotatable bonds is 6. The van der Waals surface area contributed by atoms with E-state index < -0.39 is 0 Å². The van der Waals surface area contributed by atoms with Crippen LogP contribution in [0.15, 0.2) is 36.9 Å². The number of fused-ring (bicyclic) bond motifs is 1. The van der Waals surface area contributed by atoms with Crippen molar-refractivity contribution in [1.29, 1.82) is 0 Å². The van der Waals surface area contributed by atoms with Gasteiger partial charge in [-0.2, -0.15) is 0 Å². The van der Waals surface area contributed by atoms with Crippen LogP contribution in [0.4, 0.5) is 5.82 Å². The number of aromatic nitrogens is 4.